The van der Waals surface area contributed by atoms with Crippen LogP contribution in [0.5, 0.6) is 23.0 Å². The summed E-state index contributed by atoms with van der Waals surface area (Å²) in [5.41, 5.74) is 2.98. The molecule has 0 unspecified atom stereocenters. The number of hydrogen-bond donors (Lipinski definition) is 0. The van der Waals surface area contributed by atoms with Crippen molar-refractivity contribution in [1.29, 1.82) is 0 Å². The van der Waals surface area contributed by atoms with E-state index < -0.39 is 99.3 Å². The van der Waals surface area contributed by atoms with Crippen molar-refractivity contribution < 1.29 is 30.9 Å². The third-order valence-electron chi connectivity index (χ3n) is 27.1. The van der Waals surface area contributed by atoms with Gasteiger partial charge in [0.2, 0.25) is 0 Å². The molecule has 13 nitrogen and oxygen atoms in total. The van der Waals surface area contributed by atoms with Gasteiger partial charge in [-0.05, 0) is 13.8 Å². The van der Waals surface area contributed by atoms with Gasteiger partial charge in [0.25, 0.3) is 0 Å². The van der Waals surface area contributed by atoms with Gasteiger partial charge in [0.1, 0.15) is 0 Å². The number of hydrogen-bond acceptors (Lipinski definition) is 9. The smallest absolute Gasteiger partial charge is 0.0437 e. The zero-order valence-corrected chi connectivity index (χ0v) is 79.5. The minimum Gasteiger partial charge on any atom is -0.382 e. The van der Waals surface area contributed by atoms with Crippen molar-refractivity contribution in [2.24, 2.45) is 9.98 Å². The van der Waals surface area contributed by atoms with Crippen LogP contribution in [0.2, 0.25) is 11.1 Å². The summed E-state index contributed by atoms with van der Waals surface area (Å²) in [5, 5.41) is 5.01. The molecule has 21 rings (SSSR count). The maximum atomic E-state index is 10.9. The summed E-state index contributed by atoms with van der Waals surface area (Å²) < 4.78 is 62.8. The zero-order valence-electron chi connectivity index (χ0n) is 73.5. The number of amidine groups is 4. The summed E-state index contributed by atoms with van der Waals surface area (Å²) >= 11 is 0. The van der Waals surface area contributed by atoms with Gasteiger partial charge in [0.05, 0.1) is 0 Å². The van der Waals surface area contributed by atoms with Crippen molar-refractivity contribution in [2.75, 3.05) is 13.2 Å². The van der Waals surface area contributed by atoms with Gasteiger partial charge < -0.3 is 4.74 Å². The molecule has 596 valence electrons. The summed E-state index contributed by atoms with van der Waals surface area (Å²) in [6.07, 6.45) is 8.74. The Labute approximate surface area is 679 Å². The maximum Gasteiger partial charge on any atom is 0.0437 e. The monoisotopic (exact) mass is 1610 g/mol. The molecule has 7 aromatic rings. The second-order valence-corrected chi connectivity index (χ2v) is 93.7. The van der Waals surface area contributed by atoms with E-state index in [0.717, 1.165) is 53.4 Å². The largest absolute Gasteiger partial charge is 0.382 e. The van der Waals surface area contributed by atoms with Crippen molar-refractivity contribution in [1.82, 2.24) is 18.3 Å². The molecule has 14 aliphatic rings. The molecule has 12 bridgehead atoms. The van der Waals surface area contributed by atoms with E-state index in [1.807, 2.05) is 13.8 Å². The Kier molecular flexibility index (Phi) is 16.1. The van der Waals surface area contributed by atoms with Crippen LogP contribution < -0.4 is 30.2 Å². The van der Waals surface area contributed by atoms with Gasteiger partial charge in [-0.15, -0.1) is 0 Å². The van der Waals surface area contributed by atoms with Crippen LogP contribution in [0.15, 0.2) is 198 Å². The van der Waals surface area contributed by atoms with Crippen molar-refractivity contribution >= 4 is 88.2 Å². The van der Waals surface area contributed by atoms with E-state index in [0.29, 0.717) is 0 Å². The number of ether oxygens (including phenoxy) is 3. The van der Waals surface area contributed by atoms with Crippen LogP contribution in [0, 0.1) is 0 Å². The Bertz CT molecular complexity index is 5450. The van der Waals surface area contributed by atoms with Gasteiger partial charge in [-0.3, -0.25) is 0 Å². The summed E-state index contributed by atoms with van der Waals surface area (Å²) in [6.45, 7) is 66.3. The molecular formula is C94H126N8O5Si6. The first-order valence-corrected chi connectivity index (χ1v) is 59.5. The number of nitrogens with zero attached hydrogens (tertiary/aromatic N) is 8. The Morgan fingerprint density at radius 1 is 0.478 bits per heavy atom. The number of allylic oxidation sites excluding steroid dienone is 3. The van der Waals surface area contributed by atoms with Crippen LogP contribution in [0.4, 0.5) is 0 Å². The van der Waals surface area contributed by atoms with E-state index in [1.54, 1.807) is 0 Å². The standard InChI is InChI=1S/C90H116N8O4Si6.C4H10O/c1-81(2,3)91-77(59-42-32-29-33-43-59)93(83(7,8)9)103-69-52-38-48-64-73(69)99-75-66(89(64,25)26)50-40-54-71(75)107(101-103,95(85(13,14)15)79(96(107)86(16,17)18)60-44-34-30-35-45-60)105(103)62-56-57-68-63(58-62)78(92-82(4,5)6)94(84(10,11)12)104-70-53-39-49-65-74(70)100-76-67(90(65,27)28)51-41-55-72(76)108(102-104,106(68,104)105)97(87(19,20)21)80(98(108)88(22,23)24)61-46-36-31-37-47-61;1-3-5-4-2/h29-58,62,68H,1-28H3;3-4H2,1-2H3/t62-,68+,103-,104-,105-,106-;/m1./s1. The topological polar surface area (TPSA) is 89.9 Å². The second kappa shape index (κ2) is 23.3. The normalized spacial score (nSPS) is 27.8. The van der Waals surface area contributed by atoms with Crippen molar-refractivity contribution in [3.05, 3.63) is 227 Å². The number of benzene rings is 7. The third-order valence-corrected chi connectivity index (χ3v) is 143. The summed E-state index contributed by atoms with van der Waals surface area (Å²) in [7, 11) is -20.8. The fourth-order valence-electron chi connectivity index (χ4n) is 25.5. The van der Waals surface area contributed by atoms with E-state index in [2.05, 4.69) is 403 Å². The summed E-state index contributed by atoms with van der Waals surface area (Å²) in [4.78, 5) is 13.0. The molecule has 13 heterocycles. The fourth-order valence-corrected chi connectivity index (χ4v) is 228. The summed E-state index contributed by atoms with van der Waals surface area (Å²) in [5.74, 6) is 8.39. The number of rotatable bonds is 6. The average molecular weight is 1620 g/mol. The molecule has 0 saturated carbocycles. The van der Waals surface area contributed by atoms with Crippen LogP contribution >= 0.6 is 0 Å². The van der Waals surface area contributed by atoms with E-state index in [-0.39, 0.29) is 11.1 Å². The molecule has 0 amide bonds. The van der Waals surface area contributed by atoms with Crippen LogP contribution in [0.3, 0.4) is 0 Å². The van der Waals surface area contributed by atoms with Gasteiger partial charge in [-0.2, -0.15) is 0 Å². The SMILES string of the molecule is CC(C)(C)N=C(c1ccccc1)N(C(C)(C)C)[Si@@]12O[Si-]3(c4cccc5c4Oc4c(cccc41)C5(C)C)(N(C(C)(C)C)C(c1ccccc1)=[N+]3C(C)(C)C)[Si@]21[C@@H]2C=C[C@H]3C(=C2)C(=NC(C)(C)C)N(C(C)(C)C)[Si@@]24O[Si-]5(c6cccc7c6Oc6c(cccc62)C7(C)C)(N(C(C)(C)C)C(c2ccccc2)=[N+]5C(C)(C)C)[Si@@]314.CCOCC. The molecule has 0 radical (unpaired) electrons. The predicted octanol–water partition coefficient (Wildman–Crippen LogP) is 17.8. The van der Waals surface area contributed by atoms with Gasteiger partial charge in [-0.1, -0.05) is 0 Å². The number of aliphatic imine (C=N–C) groups is 2. The molecule has 113 heavy (non-hydrogen) atoms. The minimum absolute atomic E-state index is 0.224. The van der Waals surface area contributed by atoms with E-state index in [1.165, 1.54) is 71.4 Å². The molecule has 3 saturated heterocycles. The van der Waals surface area contributed by atoms with Gasteiger partial charge >= 0.3 is 652 Å². The fraction of sp³-hybridized carbons (Fsp3) is 0.468. The molecule has 6 atom stereocenters. The molecule has 19 heteroatoms. The average Bonchev–Trinajstić information content (AvgIpc) is 0.543. The zero-order chi connectivity index (χ0) is 81.6. The van der Waals surface area contributed by atoms with E-state index in [9.17, 15) is 8.23 Å². The quantitative estimate of drug-likeness (QED) is 0.0699. The molecular weight excluding hydrogens is 1490 g/mol. The summed E-state index contributed by atoms with van der Waals surface area (Å²) in [6, 6.07) is 64.5. The van der Waals surface area contributed by atoms with Crippen LogP contribution in [0.25, 0.3) is 0 Å². The van der Waals surface area contributed by atoms with Crippen molar-refractivity contribution in [3.63, 3.8) is 0 Å². The van der Waals surface area contributed by atoms with Gasteiger partial charge in [-0.25, -0.2) is 0 Å². The Balaban J connectivity index is 0.00000179. The minimum atomic E-state index is -5.83. The van der Waals surface area contributed by atoms with Gasteiger partial charge in [0, 0.05) is 13.2 Å². The van der Waals surface area contributed by atoms with Crippen LogP contribution in [0.1, 0.15) is 247 Å². The van der Waals surface area contributed by atoms with Gasteiger partial charge in [0.15, 0.2) is 0 Å². The molecule has 0 N–H and O–H groups in total. The molecule has 3 fully saturated rings. The van der Waals surface area contributed by atoms with Crippen LogP contribution in [-0.2, 0) is 23.8 Å². The molecule has 0 aromatic heterocycles. The molecule has 5 spiro atoms. The Morgan fingerprint density at radius 3 is 1.31 bits per heavy atom. The van der Waals surface area contributed by atoms with Crippen molar-refractivity contribution in [2.45, 2.75) is 274 Å². The maximum absolute atomic E-state index is 10.9. The third kappa shape index (κ3) is 8.77. The number of para-hydroxylation sites is 4. The van der Waals surface area contributed by atoms with E-state index >= 15 is 0 Å². The Hall–Kier alpha value is -7.32. The van der Waals surface area contributed by atoms with E-state index in [4.69, 9.17) is 24.2 Å². The molecule has 1 aliphatic carbocycles. The predicted molar refractivity (Wildman–Crippen MR) is 480 cm³/mol. The van der Waals surface area contributed by atoms with Crippen LogP contribution in [-0.4, -0.2) is 152 Å². The molecule has 7 aromatic carbocycles. The first kappa shape index (κ1) is 78.2. The molecule has 13 aliphatic heterocycles. The van der Waals surface area contributed by atoms with Crippen molar-refractivity contribution in [3.8, 4) is 23.0 Å². The second-order valence-electron chi connectivity index (χ2n) is 43.2. The first-order valence-electron chi connectivity index (χ1n) is 42.0. The Morgan fingerprint density at radius 2 is 0.903 bits per heavy atom. The first-order chi connectivity index (χ1) is 52.5.